The van der Waals surface area contributed by atoms with Crippen LogP contribution in [-0.4, -0.2) is 27.3 Å². The smallest absolute Gasteiger partial charge is 0.324 e. The molecule has 0 bridgehead atoms. The molecule has 3 rings (SSSR count). The Morgan fingerprint density at radius 1 is 1.12 bits per heavy atom. The lowest BCUT2D eigenvalue weighted by Crippen LogP contribution is -2.14. The number of hydrogen-bond acceptors (Lipinski definition) is 5. The summed E-state index contributed by atoms with van der Waals surface area (Å²) in [4.78, 5) is 12.4. The van der Waals surface area contributed by atoms with E-state index < -0.39 is 5.25 Å². The van der Waals surface area contributed by atoms with Crippen molar-refractivity contribution in [1.29, 1.82) is 0 Å². The highest BCUT2D eigenvalue weighted by molar-refractivity contribution is 8.00. The maximum atomic E-state index is 12.4. The van der Waals surface area contributed by atoms with Gasteiger partial charge in [0.15, 0.2) is 5.16 Å². The summed E-state index contributed by atoms with van der Waals surface area (Å²) in [6, 6.07) is 19.3. The molecule has 0 fully saturated rings. The van der Waals surface area contributed by atoms with Crippen LogP contribution in [-0.2, 0) is 9.53 Å². The third-order valence-corrected chi connectivity index (χ3v) is 4.57. The number of benzene rings is 2. The number of nitrogens with zero attached hydrogens (tertiary/aromatic N) is 3. The van der Waals surface area contributed by atoms with E-state index >= 15 is 0 Å². The molecule has 0 amide bonds. The fourth-order valence-electron chi connectivity index (χ4n) is 2.27. The second-order valence-electron chi connectivity index (χ2n) is 4.98. The maximum Gasteiger partial charge on any atom is 0.324 e. The van der Waals surface area contributed by atoms with Crippen molar-refractivity contribution in [2.45, 2.75) is 17.3 Å². The van der Waals surface area contributed by atoms with Crippen molar-refractivity contribution in [3.63, 3.8) is 0 Å². The Hall–Kier alpha value is -2.60. The van der Waals surface area contributed by atoms with Crippen molar-refractivity contribution in [1.82, 2.24) is 14.8 Å². The Morgan fingerprint density at radius 3 is 2.46 bits per heavy atom. The summed E-state index contributed by atoms with van der Waals surface area (Å²) in [5.41, 5.74) is 1.82. The second-order valence-corrected chi connectivity index (χ2v) is 6.05. The number of hydrogen-bond donors (Lipinski definition) is 0. The predicted octanol–water partition coefficient (Wildman–Crippen LogP) is 3.66. The first-order valence-electron chi connectivity index (χ1n) is 7.63. The fraction of sp³-hybridized carbons (Fsp3) is 0.167. The molecule has 0 saturated carbocycles. The third kappa shape index (κ3) is 3.65. The minimum atomic E-state index is -0.488. The van der Waals surface area contributed by atoms with Crippen LogP contribution in [0.25, 0.3) is 5.69 Å². The van der Waals surface area contributed by atoms with E-state index in [2.05, 4.69) is 10.2 Å². The number of ether oxygens (including phenoxy) is 1. The van der Waals surface area contributed by atoms with Crippen LogP contribution < -0.4 is 0 Å². The molecule has 122 valence electrons. The van der Waals surface area contributed by atoms with Gasteiger partial charge in [0.25, 0.3) is 0 Å². The first-order valence-corrected chi connectivity index (χ1v) is 8.51. The van der Waals surface area contributed by atoms with Gasteiger partial charge in [0.1, 0.15) is 11.6 Å². The number of thioether (sulfide) groups is 1. The van der Waals surface area contributed by atoms with Crippen LogP contribution in [0.4, 0.5) is 0 Å². The molecule has 2 aromatic carbocycles. The summed E-state index contributed by atoms with van der Waals surface area (Å²) in [5.74, 6) is -0.281. The lowest BCUT2D eigenvalue weighted by molar-refractivity contribution is -0.142. The van der Waals surface area contributed by atoms with E-state index in [9.17, 15) is 4.79 Å². The SMILES string of the molecule is CCOC(=O)[C@H](Sc1nncn1-c1ccccc1)c1ccccc1. The van der Waals surface area contributed by atoms with Crippen molar-refractivity contribution < 1.29 is 9.53 Å². The molecule has 1 atom stereocenters. The Labute approximate surface area is 144 Å². The zero-order valence-electron chi connectivity index (χ0n) is 13.2. The molecular formula is C18H17N3O2S. The van der Waals surface area contributed by atoms with Gasteiger partial charge >= 0.3 is 5.97 Å². The van der Waals surface area contributed by atoms with Gasteiger partial charge in [-0.15, -0.1) is 10.2 Å². The molecule has 0 unspecified atom stereocenters. The molecule has 3 aromatic rings. The first kappa shape index (κ1) is 16.3. The van der Waals surface area contributed by atoms with Gasteiger partial charge in [-0.1, -0.05) is 60.3 Å². The summed E-state index contributed by atoms with van der Waals surface area (Å²) < 4.78 is 7.10. The zero-order chi connectivity index (χ0) is 16.8. The van der Waals surface area contributed by atoms with E-state index in [-0.39, 0.29) is 5.97 Å². The van der Waals surface area contributed by atoms with Crippen molar-refractivity contribution in [2.24, 2.45) is 0 Å². The second kappa shape index (κ2) is 7.79. The quantitative estimate of drug-likeness (QED) is 0.507. The lowest BCUT2D eigenvalue weighted by Gasteiger charge is -2.15. The van der Waals surface area contributed by atoms with E-state index in [1.807, 2.05) is 65.2 Å². The highest BCUT2D eigenvalue weighted by Crippen LogP contribution is 2.36. The number of carbonyl (C=O) groups excluding carboxylic acids is 1. The van der Waals surface area contributed by atoms with Gasteiger partial charge in [0, 0.05) is 5.69 Å². The molecule has 0 aliphatic heterocycles. The average molecular weight is 339 g/mol. The Bertz CT molecular complexity index is 790. The van der Waals surface area contributed by atoms with Crippen LogP contribution in [0.5, 0.6) is 0 Å². The zero-order valence-corrected chi connectivity index (χ0v) is 14.0. The summed E-state index contributed by atoms with van der Waals surface area (Å²) >= 11 is 1.33. The summed E-state index contributed by atoms with van der Waals surface area (Å²) in [5, 5.41) is 8.31. The number of esters is 1. The molecule has 0 aliphatic rings. The molecule has 0 radical (unpaired) electrons. The molecule has 6 heteroatoms. The van der Waals surface area contributed by atoms with E-state index in [0.717, 1.165) is 11.3 Å². The molecule has 5 nitrogen and oxygen atoms in total. The molecule has 0 spiro atoms. The van der Waals surface area contributed by atoms with Crippen molar-refractivity contribution in [3.05, 3.63) is 72.6 Å². The highest BCUT2D eigenvalue weighted by Gasteiger charge is 2.25. The number of para-hydroxylation sites is 1. The van der Waals surface area contributed by atoms with E-state index in [1.54, 1.807) is 13.3 Å². The summed E-state index contributed by atoms with van der Waals surface area (Å²) in [7, 11) is 0. The fourth-order valence-corrected chi connectivity index (χ4v) is 3.30. The van der Waals surface area contributed by atoms with Gasteiger partial charge in [0.05, 0.1) is 6.61 Å². The van der Waals surface area contributed by atoms with E-state index in [4.69, 9.17) is 4.74 Å². The number of carbonyl (C=O) groups is 1. The minimum Gasteiger partial charge on any atom is -0.465 e. The Kier molecular flexibility index (Phi) is 5.28. The van der Waals surface area contributed by atoms with Crippen LogP contribution in [0.2, 0.25) is 0 Å². The Balaban J connectivity index is 1.92. The van der Waals surface area contributed by atoms with Crippen LogP contribution >= 0.6 is 11.8 Å². The van der Waals surface area contributed by atoms with Gasteiger partial charge in [-0.2, -0.15) is 0 Å². The summed E-state index contributed by atoms with van der Waals surface area (Å²) in [6.07, 6.45) is 1.64. The molecule has 1 aromatic heterocycles. The standard InChI is InChI=1S/C18H17N3O2S/c1-2-23-17(22)16(14-9-5-3-6-10-14)24-18-20-19-13-21(18)15-11-7-4-8-12-15/h3-13,16H,2H2,1H3/t16-/m1/s1. The molecular weight excluding hydrogens is 322 g/mol. The van der Waals surface area contributed by atoms with Gasteiger partial charge < -0.3 is 4.74 Å². The minimum absolute atomic E-state index is 0.281. The Morgan fingerprint density at radius 2 is 1.79 bits per heavy atom. The molecule has 1 heterocycles. The van der Waals surface area contributed by atoms with Gasteiger partial charge in [-0.3, -0.25) is 9.36 Å². The highest BCUT2D eigenvalue weighted by atomic mass is 32.2. The van der Waals surface area contributed by atoms with Crippen LogP contribution in [0, 0.1) is 0 Å². The number of aromatic nitrogens is 3. The largest absolute Gasteiger partial charge is 0.465 e. The number of rotatable bonds is 6. The van der Waals surface area contributed by atoms with Gasteiger partial charge in [-0.05, 0) is 24.6 Å². The van der Waals surface area contributed by atoms with Crippen LogP contribution in [0.15, 0.2) is 72.1 Å². The van der Waals surface area contributed by atoms with Crippen molar-refractivity contribution in [2.75, 3.05) is 6.61 Å². The molecule has 0 aliphatic carbocycles. The average Bonchev–Trinajstić information content (AvgIpc) is 3.09. The van der Waals surface area contributed by atoms with Gasteiger partial charge in [0.2, 0.25) is 0 Å². The van der Waals surface area contributed by atoms with E-state index in [1.165, 1.54) is 11.8 Å². The topological polar surface area (TPSA) is 57.0 Å². The lowest BCUT2D eigenvalue weighted by atomic mass is 10.1. The van der Waals surface area contributed by atoms with E-state index in [0.29, 0.717) is 11.8 Å². The van der Waals surface area contributed by atoms with Crippen molar-refractivity contribution in [3.8, 4) is 5.69 Å². The molecule has 0 saturated heterocycles. The molecule has 24 heavy (non-hydrogen) atoms. The molecule has 0 N–H and O–H groups in total. The van der Waals surface area contributed by atoms with Crippen LogP contribution in [0.3, 0.4) is 0 Å². The van der Waals surface area contributed by atoms with Gasteiger partial charge in [-0.25, -0.2) is 0 Å². The maximum absolute atomic E-state index is 12.4. The monoisotopic (exact) mass is 339 g/mol. The summed E-state index contributed by atoms with van der Waals surface area (Å²) in [6.45, 7) is 2.14. The van der Waals surface area contributed by atoms with Crippen LogP contribution in [0.1, 0.15) is 17.7 Å². The predicted molar refractivity (Wildman–Crippen MR) is 93.0 cm³/mol. The normalized spacial score (nSPS) is 11.9. The third-order valence-electron chi connectivity index (χ3n) is 3.38. The van der Waals surface area contributed by atoms with Crippen molar-refractivity contribution >= 4 is 17.7 Å². The first-order chi connectivity index (χ1) is 11.8.